The minimum Gasteiger partial charge on any atom is -0.478 e. The molecule has 0 radical (unpaired) electrons. The molecule has 0 atom stereocenters. The SMILES string of the molecule is O=C(O)c1cncc(C=CCS)c1. The smallest absolute Gasteiger partial charge is 0.337 e. The molecule has 0 aliphatic heterocycles. The molecule has 0 fully saturated rings. The molecule has 4 heteroatoms. The first-order valence-corrected chi connectivity index (χ1v) is 4.33. The highest BCUT2D eigenvalue weighted by molar-refractivity contribution is 7.80. The Hall–Kier alpha value is -1.29. The third-order valence-electron chi connectivity index (χ3n) is 1.42. The normalized spacial score (nSPS) is 10.5. The third kappa shape index (κ3) is 2.91. The van der Waals surface area contributed by atoms with Crippen LogP contribution in [0.1, 0.15) is 15.9 Å². The molecule has 0 bridgehead atoms. The maximum Gasteiger partial charge on any atom is 0.337 e. The minimum absolute atomic E-state index is 0.196. The molecule has 0 saturated carbocycles. The highest BCUT2D eigenvalue weighted by Gasteiger charge is 2.01. The van der Waals surface area contributed by atoms with Gasteiger partial charge in [0.05, 0.1) is 5.56 Å². The summed E-state index contributed by atoms with van der Waals surface area (Å²) in [6.45, 7) is 0. The van der Waals surface area contributed by atoms with Gasteiger partial charge in [-0.05, 0) is 11.6 Å². The zero-order chi connectivity index (χ0) is 9.68. The van der Waals surface area contributed by atoms with Crippen LogP contribution in [0.4, 0.5) is 0 Å². The summed E-state index contributed by atoms with van der Waals surface area (Å²) in [4.78, 5) is 14.3. The summed E-state index contributed by atoms with van der Waals surface area (Å²) >= 11 is 3.99. The van der Waals surface area contributed by atoms with Crippen LogP contribution in [0, 0.1) is 0 Å². The summed E-state index contributed by atoms with van der Waals surface area (Å²) in [7, 11) is 0. The van der Waals surface area contributed by atoms with Crippen LogP contribution < -0.4 is 0 Å². The number of carboxylic acid groups (broad SMARTS) is 1. The highest BCUT2D eigenvalue weighted by atomic mass is 32.1. The molecule has 0 saturated heterocycles. The first-order chi connectivity index (χ1) is 6.24. The minimum atomic E-state index is -0.964. The number of rotatable bonds is 3. The van der Waals surface area contributed by atoms with Crippen LogP contribution in [-0.2, 0) is 0 Å². The second-order valence-electron chi connectivity index (χ2n) is 2.40. The topological polar surface area (TPSA) is 50.2 Å². The van der Waals surface area contributed by atoms with Crippen LogP contribution in [0.2, 0.25) is 0 Å². The van der Waals surface area contributed by atoms with Crippen molar-refractivity contribution in [1.29, 1.82) is 0 Å². The quantitative estimate of drug-likeness (QED) is 0.722. The number of hydrogen-bond donors (Lipinski definition) is 2. The number of aromatic carboxylic acids is 1. The molecule has 0 amide bonds. The maximum atomic E-state index is 10.5. The van der Waals surface area contributed by atoms with Gasteiger partial charge in [0.2, 0.25) is 0 Å². The second kappa shape index (κ2) is 4.67. The summed E-state index contributed by atoms with van der Waals surface area (Å²) < 4.78 is 0. The van der Waals surface area contributed by atoms with Gasteiger partial charge in [0, 0.05) is 18.1 Å². The van der Waals surface area contributed by atoms with E-state index in [0.717, 1.165) is 5.56 Å². The lowest BCUT2D eigenvalue weighted by atomic mass is 10.2. The number of aromatic nitrogens is 1. The molecule has 0 unspecified atom stereocenters. The Morgan fingerprint density at radius 3 is 3.00 bits per heavy atom. The number of carboxylic acids is 1. The van der Waals surface area contributed by atoms with Gasteiger partial charge in [-0.25, -0.2) is 4.79 Å². The summed E-state index contributed by atoms with van der Waals surface area (Å²) in [6.07, 6.45) is 6.53. The molecule has 13 heavy (non-hydrogen) atoms. The lowest BCUT2D eigenvalue weighted by Crippen LogP contribution is -1.96. The Labute approximate surface area is 81.5 Å². The van der Waals surface area contributed by atoms with Gasteiger partial charge in [-0.3, -0.25) is 4.98 Å². The van der Waals surface area contributed by atoms with E-state index in [1.54, 1.807) is 18.3 Å². The predicted octanol–water partition coefficient (Wildman–Crippen LogP) is 1.72. The van der Waals surface area contributed by atoms with E-state index in [1.165, 1.54) is 6.20 Å². The van der Waals surface area contributed by atoms with E-state index in [-0.39, 0.29) is 5.56 Å². The molecule has 1 heterocycles. The molecule has 0 aromatic carbocycles. The number of carbonyl (C=O) groups is 1. The van der Waals surface area contributed by atoms with E-state index in [9.17, 15) is 4.79 Å². The first kappa shape index (κ1) is 9.80. The summed E-state index contributed by atoms with van der Waals surface area (Å²) in [5, 5.41) is 8.66. The molecular formula is C9H9NO2S. The average Bonchev–Trinajstić information content (AvgIpc) is 2.15. The third-order valence-corrected chi connectivity index (χ3v) is 1.63. The van der Waals surface area contributed by atoms with Gasteiger partial charge in [-0.15, -0.1) is 0 Å². The van der Waals surface area contributed by atoms with Crippen LogP contribution >= 0.6 is 12.6 Å². The fourth-order valence-electron chi connectivity index (χ4n) is 0.855. The number of thiol groups is 1. The fourth-order valence-corrected chi connectivity index (χ4v) is 0.960. The van der Waals surface area contributed by atoms with Crippen molar-refractivity contribution in [1.82, 2.24) is 4.98 Å². The zero-order valence-electron chi connectivity index (χ0n) is 6.84. The summed E-state index contributed by atoms with van der Waals surface area (Å²) in [6, 6.07) is 1.56. The van der Waals surface area contributed by atoms with Crippen molar-refractivity contribution in [3.63, 3.8) is 0 Å². The Kier molecular flexibility index (Phi) is 3.52. The van der Waals surface area contributed by atoms with E-state index in [1.807, 2.05) is 6.08 Å². The standard InChI is InChI=1S/C9H9NO2S/c11-9(12)8-4-7(2-1-3-13)5-10-6-8/h1-2,4-6,13H,3H2,(H,11,12). The van der Waals surface area contributed by atoms with E-state index in [0.29, 0.717) is 5.75 Å². The summed E-state index contributed by atoms with van der Waals surface area (Å²) in [5.41, 5.74) is 0.968. The lowest BCUT2D eigenvalue weighted by Gasteiger charge is -1.95. The lowest BCUT2D eigenvalue weighted by molar-refractivity contribution is 0.0696. The number of pyridine rings is 1. The Morgan fingerprint density at radius 2 is 2.38 bits per heavy atom. The first-order valence-electron chi connectivity index (χ1n) is 3.70. The average molecular weight is 195 g/mol. The molecule has 1 aromatic heterocycles. The van der Waals surface area contributed by atoms with Crippen LogP contribution in [-0.4, -0.2) is 21.8 Å². The van der Waals surface area contributed by atoms with Crippen LogP contribution in [0.3, 0.4) is 0 Å². The van der Waals surface area contributed by atoms with Crippen molar-refractivity contribution in [2.75, 3.05) is 5.75 Å². The van der Waals surface area contributed by atoms with Crippen molar-refractivity contribution in [3.05, 3.63) is 35.7 Å². The van der Waals surface area contributed by atoms with Crippen molar-refractivity contribution >= 4 is 24.7 Å². The van der Waals surface area contributed by atoms with Gasteiger partial charge in [0.15, 0.2) is 0 Å². The molecule has 1 aromatic rings. The van der Waals surface area contributed by atoms with Crippen molar-refractivity contribution in [2.24, 2.45) is 0 Å². The summed E-state index contributed by atoms with van der Waals surface area (Å²) in [5.74, 6) is -0.342. The monoisotopic (exact) mass is 195 g/mol. The largest absolute Gasteiger partial charge is 0.478 e. The fraction of sp³-hybridized carbons (Fsp3) is 0.111. The maximum absolute atomic E-state index is 10.5. The molecule has 0 spiro atoms. The van der Waals surface area contributed by atoms with Crippen LogP contribution in [0.5, 0.6) is 0 Å². The molecule has 1 rings (SSSR count). The Bertz CT molecular complexity index is 336. The van der Waals surface area contributed by atoms with Crippen molar-refractivity contribution < 1.29 is 9.90 Å². The molecule has 0 aliphatic rings. The highest BCUT2D eigenvalue weighted by Crippen LogP contribution is 2.04. The van der Waals surface area contributed by atoms with Gasteiger partial charge in [-0.1, -0.05) is 12.2 Å². The van der Waals surface area contributed by atoms with Crippen LogP contribution in [0.15, 0.2) is 24.5 Å². The van der Waals surface area contributed by atoms with Gasteiger partial charge < -0.3 is 5.11 Å². The van der Waals surface area contributed by atoms with Gasteiger partial charge in [0.25, 0.3) is 0 Å². The van der Waals surface area contributed by atoms with E-state index in [2.05, 4.69) is 17.6 Å². The molecule has 68 valence electrons. The van der Waals surface area contributed by atoms with E-state index >= 15 is 0 Å². The molecule has 3 nitrogen and oxygen atoms in total. The molecule has 1 N–H and O–H groups in total. The van der Waals surface area contributed by atoms with Gasteiger partial charge >= 0.3 is 5.97 Å². The molecular weight excluding hydrogens is 186 g/mol. The molecule has 0 aliphatic carbocycles. The Balaban J connectivity index is 2.92. The number of nitrogens with zero attached hydrogens (tertiary/aromatic N) is 1. The van der Waals surface area contributed by atoms with E-state index in [4.69, 9.17) is 5.11 Å². The zero-order valence-corrected chi connectivity index (χ0v) is 7.74. The van der Waals surface area contributed by atoms with Crippen LogP contribution in [0.25, 0.3) is 6.08 Å². The Morgan fingerprint density at radius 1 is 1.62 bits per heavy atom. The second-order valence-corrected chi connectivity index (χ2v) is 2.76. The number of hydrogen-bond acceptors (Lipinski definition) is 3. The van der Waals surface area contributed by atoms with Gasteiger partial charge in [-0.2, -0.15) is 12.6 Å². The van der Waals surface area contributed by atoms with Crippen molar-refractivity contribution in [3.8, 4) is 0 Å². The van der Waals surface area contributed by atoms with Gasteiger partial charge in [0.1, 0.15) is 0 Å². The van der Waals surface area contributed by atoms with E-state index < -0.39 is 5.97 Å². The van der Waals surface area contributed by atoms with Crippen molar-refractivity contribution in [2.45, 2.75) is 0 Å². The predicted molar refractivity (Wildman–Crippen MR) is 54.1 cm³/mol.